The van der Waals surface area contributed by atoms with Crippen LogP contribution in [0, 0.1) is 11.7 Å². The Bertz CT molecular complexity index is 1010. The van der Waals surface area contributed by atoms with Crippen LogP contribution in [0.3, 0.4) is 0 Å². The smallest absolute Gasteiger partial charge is 0.857 e. The van der Waals surface area contributed by atoms with Gasteiger partial charge in [-0.15, -0.1) is 0 Å². The van der Waals surface area contributed by atoms with E-state index in [4.69, 9.17) is 14.9 Å². The van der Waals surface area contributed by atoms with Crippen LogP contribution in [0.15, 0.2) is 24.3 Å². The van der Waals surface area contributed by atoms with Crippen LogP contribution in [-0.2, 0) is 25.8 Å². The first kappa shape index (κ1) is 34.5. The molecule has 1 saturated heterocycles. The number of benzene rings is 1. The average molecular weight is 572 g/mol. The Kier molecular flexibility index (Phi) is 15.4. The molecule has 1 fully saturated rings. The largest absolute Gasteiger partial charge is 1.00 e. The van der Waals surface area contributed by atoms with Crippen molar-refractivity contribution in [2.24, 2.45) is 5.92 Å². The summed E-state index contributed by atoms with van der Waals surface area (Å²) >= 11 is 0. The molecule has 39 heavy (non-hydrogen) atoms. The molecule has 212 valence electrons. The molecule has 0 spiro atoms. The number of alkyl halides is 1. The minimum atomic E-state index is -1.28. The maximum Gasteiger partial charge on any atom is 1.00 e. The van der Waals surface area contributed by atoms with Crippen molar-refractivity contribution in [1.82, 2.24) is 9.88 Å². The number of hydrogen-bond donors (Lipinski definition) is 2. The Hall–Kier alpha value is -0.654. The van der Waals surface area contributed by atoms with Crippen LogP contribution in [-0.4, -0.2) is 60.6 Å². The monoisotopic (exact) mass is 571 g/mol. The fraction of sp³-hybridized carbons (Fsp3) is 0.633. The van der Waals surface area contributed by atoms with Crippen molar-refractivity contribution in [3.63, 3.8) is 0 Å². The van der Waals surface area contributed by atoms with Gasteiger partial charge in [0.1, 0.15) is 23.1 Å². The van der Waals surface area contributed by atoms with Gasteiger partial charge in [0.15, 0.2) is 0 Å². The van der Waals surface area contributed by atoms with E-state index in [1.165, 1.54) is 30.9 Å². The van der Waals surface area contributed by atoms with E-state index >= 15 is 0 Å². The molecule has 1 aromatic carbocycles. The molecule has 2 aromatic rings. The van der Waals surface area contributed by atoms with E-state index in [1.807, 2.05) is 0 Å². The molecule has 2 N–H and O–H groups in total. The first-order valence-corrected chi connectivity index (χ1v) is 13.9. The second kappa shape index (κ2) is 17.3. The van der Waals surface area contributed by atoms with Crippen LogP contribution >= 0.6 is 0 Å². The third-order valence-corrected chi connectivity index (χ3v) is 7.51. The molecule has 0 amide bonds. The van der Waals surface area contributed by atoms with Gasteiger partial charge in [-0.2, -0.15) is 7.11 Å². The van der Waals surface area contributed by atoms with Crippen molar-refractivity contribution < 1.29 is 75.1 Å². The SMILES string of the molecule is CC(C)(F)C1COc2cc(F)cc(CN3CCCC3)c2C1.C[O-].OCCCCc1ccc2c(n1)NCCC2.[K+]. The van der Waals surface area contributed by atoms with Gasteiger partial charge in [0, 0.05) is 37.4 Å². The average Bonchev–Trinajstić information content (AvgIpc) is 3.43. The summed E-state index contributed by atoms with van der Waals surface area (Å²) in [7, 11) is 0.750. The molecule has 5 rings (SSSR count). The van der Waals surface area contributed by atoms with Crippen molar-refractivity contribution in [2.75, 3.05) is 45.3 Å². The molecule has 3 aliphatic rings. The first-order valence-electron chi connectivity index (χ1n) is 13.9. The molecule has 6 nitrogen and oxygen atoms in total. The summed E-state index contributed by atoms with van der Waals surface area (Å²) in [5.74, 6) is 1.24. The number of rotatable bonds is 7. The van der Waals surface area contributed by atoms with Crippen LogP contribution in [0.2, 0.25) is 0 Å². The van der Waals surface area contributed by atoms with Crippen LogP contribution in [0.1, 0.15) is 68.3 Å². The van der Waals surface area contributed by atoms with Gasteiger partial charge in [0.25, 0.3) is 0 Å². The maximum absolute atomic E-state index is 14.2. The second-order valence-electron chi connectivity index (χ2n) is 10.8. The summed E-state index contributed by atoms with van der Waals surface area (Å²) in [4.78, 5) is 6.92. The van der Waals surface area contributed by atoms with Crippen LogP contribution in [0.4, 0.5) is 14.6 Å². The predicted molar refractivity (Wildman–Crippen MR) is 146 cm³/mol. The number of aromatic nitrogens is 1. The number of nitrogens with zero attached hydrogens (tertiary/aromatic N) is 2. The quantitative estimate of drug-likeness (QED) is 0.387. The van der Waals surface area contributed by atoms with Gasteiger partial charge in [0.05, 0.1) is 6.61 Å². The second-order valence-corrected chi connectivity index (χ2v) is 10.8. The Labute approximate surface area is 275 Å². The zero-order valence-electron chi connectivity index (χ0n) is 24.2. The van der Waals surface area contributed by atoms with E-state index in [0.717, 1.165) is 81.6 Å². The number of aliphatic hydroxyl groups excluding tert-OH is 1. The van der Waals surface area contributed by atoms with Crippen molar-refractivity contribution in [1.29, 1.82) is 0 Å². The molecule has 0 radical (unpaired) electrons. The number of halogens is 2. The molecule has 9 heteroatoms. The molecule has 0 bridgehead atoms. The van der Waals surface area contributed by atoms with Crippen LogP contribution in [0.5, 0.6) is 5.75 Å². The van der Waals surface area contributed by atoms with E-state index in [-0.39, 0.29) is 69.7 Å². The Balaban J connectivity index is 0.000000263. The van der Waals surface area contributed by atoms with Gasteiger partial charge in [-0.05, 0) is 107 Å². The van der Waals surface area contributed by atoms with Crippen molar-refractivity contribution in [2.45, 2.75) is 77.4 Å². The number of hydrogen-bond acceptors (Lipinski definition) is 6. The zero-order chi connectivity index (χ0) is 27.5. The fourth-order valence-corrected chi connectivity index (χ4v) is 5.21. The number of ether oxygens (including phenoxy) is 1. The number of nitrogens with one attached hydrogen (secondary N) is 1. The minimum Gasteiger partial charge on any atom is -0.857 e. The number of unbranched alkanes of at least 4 members (excludes halogenated alkanes) is 1. The van der Waals surface area contributed by atoms with E-state index in [9.17, 15) is 8.78 Å². The molecule has 3 aliphatic heterocycles. The minimum absolute atomic E-state index is 0. The third kappa shape index (κ3) is 10.6. The van der Waals surface area contributed by atoms with Gasteiger partial charge in [-0.1, -0.05) is 6.07 Å². The number of fused-ring (bicyclic) bond motifs is 2. The molecule has 0 saturated carbocycles. The summed E-state index contributed by atoms with van der Waals surface area (Å²) in [6, 6.07) is 7.32. The van der Waals surface area contributed by atoms with Crippen molar-refractivity contribution in [3.8, 4) is 5.75 Å². The molecule has 1 atom stereocenters. The molecule has 0 aliphatic carbocycles. The van der Waals surface area contributed by atoms with Crippen LogP contribution in [0.25, 0.3) is 0 Å². The van der Waals surface area contributed by atoms with Crippen LogP contribution < -0.4 is 66.5 Å². The molecule has 1 aromatic heterocycles. The maximum atomic E-state index is 14.2. The standard InChI is InChI=1S/C17H23F2NO.C12H18N2O.CH3O.K/c1-17(2,19)13-8-15-12(10-20-5-3-4-6-20)7-14(18)9-16(15)21-11-13;15-9-2-1-5-11-7-6-10-4-3-8-13-12(10)14-11;1-2;/h7,9,13H,3-6,8,10-11H2,1-2H3;6-7,15H,1-5,8-9H2,(H,13,14);1H3;/q;;-1;+1. The molecule has 4 heterocycles. The number of pyridine rings is 1. The molecular formula is C30H44F2KN3O3. The van der Waals surface area contributed by atoms with E-state index in [1.54, 1.807) is 19.9 Å². The van der Waals surface area contributed by atoms with Gasteiger partial charge >= 0.3 is 51.4 Å². The first-order chi connectivity index (χ1) is 18.3. The van der Waals surface area contributed by atoms with Gasteiger partial charge in [-0.25, -0.2) is 13.8 Å². The number of anilines is 1. The molecule has 1 unspecified atom stereocenters. The zero-order valence-corrected chi connectivity index (χ0v) is 27.3. The van der Waals surface area contributed by atoms with Gasteiger partial charge in [0.2, 0.25) is 0 Å². The van der Waals surface area contributed by atoms with E-state index in [2.05, 4.69) is 27.3 Å². The Morgan fingerprint density at radius 3 is 2.59 bits per heavy atom. The Morgan fingerprint density at radius 1 is 1.15 bits per heavy atom. The normalized spacial score (nSPS) is 18.1. The summed E-state index contributed by atoms with van der Waals surface area (Å²) in [6.45, 7) is 7.69. The predicted octanol–water partition coefficient (Wildman–Crippen LogP) is 1.46. The summed E-state index contributed by atoms with van der Waals surface area (Å²) in [6.07, 6.45) is 8.24. The van der Waals surface area contributed by atoms with E-state index < -0.39 is 5.67 Å². The molecular weight excluding hydrogens is 527 g/mol. The van der Waals surface area contributed by atoms with Gasteiger partial charge in [-0.3, -0.25) is 4.90 Å². The van der Waals surface area contributed by atoms with E-state index in [0.29, 0.717) is 18.8 Å². The van der Waals surface area contributed by atoms with Crippen molar-refractivity contribution >= 4 is 5.82 Å². The topological polar surface area (TPSA) is 80.7 Å². The van der Waals surface area contributed by atoms with Gasteiger partial charge < -0.3 is 20.3 Å². The fourth-order valence-electron chi connectivity index (χ4n) is 5.21. The number of aliphatic hydroxyl groups is 1. The summed E-state index contributed by atoms with van der Waals surface area (Å²) in [5, 5.41) is 20.3. The summed E-state index contributed by atoms with van der Waals surface area (Å²) < 4.78 is 33.7. The third-order valence-electron chi connectivity index (χ3n) is 7.51. The van der Waals surface area contributed by atoms with Crippen molar-refractivity contribution in [3.05, 3.63) is 52.5 Å². The number of aryl methyl sites for hydroxylation is 2. The Morgan fingerprint density at radius 2 is 1.90 bits per heavy atom. The summed E-state index contributed by atoms with van der Waals surface area (Å²) in [5.41, 5.74) is 3.15. The number of likely N-dealkylation sites (tertiary alicyclic amines) is 1.